The lowest BCUT2D eigenvalue weighted by Crippen LogP contribution is -2.25. The molecular formula is C12H22N4O. The van der Waals surface area contributed by atoms with Crippen LogP contribution in [-0.2, 0) is 6.54 Å². The Kier molecular flexibility index (Phi) is 5.15. The van der Waals surface area contributed by atoms with E-state index in [2.05, 4.69) is 12.0 Å². The van der Waals surface area contributed by atoms with E-state index in [0.29, 0.717) is 6.54 Å². The van der Waals surface area contributed by atoms with Crippen LogP contribution in [0, 0.1) is 0 Å². The highest BCUT2D eigenvalue weighted by Gasteiger charge is 2.03. The molecule has 1 unspecified atom stereocenters. The van der Waals surface area contributed by atoms with E-state index >= 15 is 0 Å². The van der Waals surface area contributed by atoms with E-state index in [-0.39, 0.29) is 11.6 Å². The summed E-state index contributed by atoms with van der Waals surface area (Å²) in [4.78, 5) is 13.6. The van der Waals surface area contributed by atoms with Crippen LogP contribution in [0.4, 0.5) is 5.69 Å². The molecule has 0 aromatic carbocycles. The maximum Gasteiger partial charge on any atom is 0.268 e. The fourth-order valence-corrected chi connectivity index (χ4v) is 1.54. The van der Waals surface area contributed by atoms with Crippen LogP contribution >= 0.6 is 0 Å². The van der Waals surface area contributed by atoms with Crippen LogP contribution in [0.3, 0.4) is 0 Å². The maximum absolute atomic E-state index is 11.7. The fourth-order valence-electron chi connectivity index (χ4n) is 1.54. The van der Waals surface area contributed by atoms with Crippen molar-refractivity contribution < 1.29 is 0 Å². The predicted octanol–water partition coefficient (Wildman–Crippen LogP) is 0.827. The van der Waals surface area contributed by atoms with Gasteiger partial charge in [0.25, 0.3) is 5.56 Å². The van der Waals surface area contributed by atoms with Gasteiger partial charge in [-0.25, -0.2) is 4.68 Å². The number of aromatic nitrogens is 2. The average molecular weight is 238 g/mol. The summed E-state index contributed by atoms with van der Waals surface area (Å²) in [7, 11) is 3.78. The van der Waals surface area contributed by atoms with Crippen molar-refractivity contribution in [1.82, 2.24) is 9.78 Å². The molecule has 1 heterocycles. The zero-order chi connectivity index (χ0) is 12.8. The van der Waals surface area contributed by atoms with Crippen molar-refractivity contribution in [1.29, 1.82) is 0 Å². The first-order valence-corrected chi connectivity index (χ1v) is 6.04. The van der Waals surface area contributed by atoms with Crippen LogP contribution in [0.15, 0.2) is 17.1 Å². The number of anilines is 1. The van der Waals surface area contributed by atoms with Crippen LogP contribution < -0.4 is 16.2 Å². The van der Waals surface area contributed by atoms with Gasteiger partial charge in [-0.3, -0.25) is 4.79 Å². The molecule has 1 rings (SSSR count). The summed E-state index contributed by atoms with van der Waals surface area (Å²) in [6, 6.07) is 1.83. The number of rotatable bonds is 6. The summed E-state index contributed by atoms with van der Waals surface area (Å²) < 4.78 is 1.50. The average Bonchev–Trinajstić information content (AvgIpc) is 2.30. The highest BCUT2D eigenvalue weighted by atomic mass is 16.1. The Bertz CT molecular complexity index is 400. The molecule has 0 aliphatic heterocycles. The van der Waals surface area contributed by atoms with E-state index in [1.165, 1.54) is 4.68 Å². The Hall–Kier alpha value is -1.36. The molecule has 1 aromatic rings. The molecule has 0 spiro atoms. The molecule has 0 amide bonds. The highest BCUT2D eigenvalue weighted by molar-refractivity contribution is 5.40. The van der Waals surface area contributed by atoms with Crippen molar-refractivity contribution in [3.05, 3.63) is 22.6 Å². The van der Waals surface area contributed by atoms with Crippen LogP contribution in [0.5, 0.6) is 0 Å². The predicted molar refractivity (Wildman–Crippen MR) is 70.3 cm³/mol. The third-order valence-electron chi connectivity index (χ3n) is 2.84. The van der Waals surface area contributed by atoms with E-state index < -0.39 is 0 Å². The van der Waals surface area contributed by atoms with E-state index in [1.807, 2.05) is 19.0 Å². The second-order valence-corrected chi connectivity index (χ2v) is 4.48. The number of nitrogens with two attached hydrogens (primary N) is 1. The topological polar surface area (TPSA) is 64.2 Å². The Morgan fingerprint density at radius 3 is 2.76 bits per heavy atom. The summed E-state index contributed by atoms with van der Waals surface area (Å²) in [6.07, 6.45) is 4.51. The summed E-state index contributed by atoms with van der Waals surface area (Å²) in [5, 5.41) is 4.14. The number of hydrogen-bond acceptors (Lipinski definition) is 4. The van der Waals surface area contributed by atoms with E-state index in [1.54, 1.807) is 12.3 Å². The van der Waals surface area contributed by atoms with Crippen molar-refractivity contribution in [2.75, 3.05) is 19.0 Å². The Morgan fingerprint density at radius 2 is 2.24 bits per heavy atom. The molecule has 17 heavy (non-hydrogen) atoms. The molecule has 2 N–H and O–H groups in total. The summed E-state index contributed by atoms with van der Waals surface area (Å²) in [5.74, 6) is 0. The van der Waals surface area contributed by atoms with Gasteiger partial charge in [-0.2, -0.15) is 5.10 Å². The molecule has 0 radical (unpaired) electrons. The van der Waals surface area contributed by atoms with E-state index in [9.17, 15) is 4.79 Å². The Balaban J connectivity index is 2.58. The van der Waals surface area contributed by atoms with E-state index in [4.69, 9.17) is 5.73 Å². The summed E-state index contributed by atoms with van der Waals surface area (Å²) >= 11 is 0. The molecule has 0 fully saturated rings. The number of hydrogen-bond donors (Lipinski definition) is 1. The quantitative estimate of drug-likeness (QED) is 0.797. The molecule has 5 heteroatoms. The van der Waals surface area contributed by atoms with Crippen LogP contribution in [0.1, 0.15) is 26.2 Å². The third kappa shape index (κ3) is 4.19. The van der Waals surface area contributed by atoms with Crippen molar-refractivity contribution in [3.63, 3.8) is 0 Å². The van der Waals surface area contributed by atoms with Crippen LogP contribution in [0.2, 0.25) is 0 Å². The van der Waals surface area contributed by atoms with Crippen molar-refractivity contribution in [3.8, 4) is 0 Å². The Labute approximate surface area is 102 Å². The first-order chi connectivity index (χ1) is 8.04. The first-order valence-electron chi connectivity index (χ1n) is 6.04. The van der Waals surface area contributed by atoms with Gasteiger partial charge in [0, 0.05) is 32.7 Å². The highest BCUT2D eigenvalue weighted by Crippen LogP contribution is 2.04. The lowest BCUT2D eigenvalue weighted by molar-refractivity contribution is 0.487. The van der Waals surface area contributed by atoms with Gasteiger partial charge in [-0.15, -0.1) is 0 Å². The van der Waals surface area contributed by atoms with Crippen molar-refractivity contribution >= 4 is 5.69 Å². The normalized spacial score (nSPS) is 12.5. The lowest BCUT2D eigenvalue weighted by atomic mass is 10.1. The zero-order valence-electron chi connectivity index (χ0n) is 10.9. The van der Waals surface area contributed by atoms with Crippen LogP contribution in [-0.4, -0.2) is 29.9 Å². The third-order valence-corrected chi connectivity index (χ3v) is 2.84. The first kappa shape index (κ1) is 13.7. The standard InChI is InChI=1S/C12H22N4O/c1-4-10(13)6-5-7-16-12(17)8-11(9-14-16)15(2)3/h8-10H,4-7,13H2,1-3H3. The molecule has 5 nitrogen and oxygen atoms in total. The molecule has 0 saturated carbocycles. The molecule has 0 saturated heterocycles. The van der Waals surface area contributed by atoms with Gasteiger partial charge in [-0.1, -0.05) is 6.92 Å². The van der Waals surface area contributed by atoms with Gasteiger partial charge < -0.3 is 10.6 Å². The molecule has 1 atom stereocenters. The van der Waals surface area contributed by atoms with Crippen LogP contribution in [0.25, 0.3) is 0 Å². The molecule has 0 aliphatic carbocycles. The minimum absolute atomic E-state index is 0.0544. The number of aryl methyl sites for hydroxylation is 1. The second-order valence-electron chi connectivity index (χ2n) is 4.48. The molecule has 1 aromatic heterocycles. The minimum Gasteiger partial charge on any atom is -0.376 e. The molecule has 96 valence electrons. The largest absolute Gasteiger partial charge is 0.376 e. The Morgan fingerprint density at radius 1 is 1.53 bits per heavy atom. The number of nitrogens with zero attached hydrogens (tertiary/aromatic N) is 3. The van der Waals surface area contributed by atoms with Gasteiger partial charge in [0.05, 0.1) is 11.9 Å². The molecule has 0 aliphatic rings. The maximum atomic E-state index is 11.7. The van der Waals surface area contributed by atoms with Crippen molar-refractivity contribution in [2.45, 2.75) is 38.8 Å². The van der Waals surface area contributed by atoms with Gasteiger partial charge in [0.15, 0.2) is 0 Å². The van der Waals surface area contributed by atoms with Gasteiger partial charge >= 0.3 is 0 Å². The monoisotopic (exact) mass is 238 g/mol. The van der Waals surface area contributed by atoms with Gasteiger partial charge in [0.2, 0.25) is 0 Å². The van der Waals surface area contributed by atoms with E-state index in [0.717, 1.165) is 24.9 Å². The SMILES string of the molecule is CCC(N)CCCn1ncc(N(C)C)cc1=O. The molecular weight excluding hydrogens is 216 g/mol. The van der Waals surface area contributed by atoms with Crippen molar-refractivity contribution in [2.24, 2.45) is 5.73 Å². The summed E-state index contributed by atoms with van der Waals surface area (Å²) in [5.41, 5.74) is 6.60. The fraction of sp³-hybridized carbons (Fsp3) is 0.667. The zero-order valence-corrected chi connectivity index (χ0v) is 10.9. The second kappa shape index (κ2) is 6.39. The molecule has 0 bridgehead atoms. The summed E-state index contributed by atoms with van der Waals surface area (Å²) in [6.45, 7) is 2.71. The minimum atomic E-state index is -0.0544. The smallest absolute Gasteiger partial charge is 0.268 e. The lowest BCUT2D eigenvalue weighted by Gasteiger charge is -2.13. The van der Waals surface area contributed by atoms with Gasteiger partial charge in [-0.05, 0) is 19.3 Å². The van der Waals surface area contributed by atoms with Gasteiger partial charge in [0.1, 0.15) is 0 Å².